The molecule has 0 saturated heterocycles. The quantitative estimate of drug-likeness (QED) is 0.891. The molecule has 0 radical (unpaired) electrons. The van der Waals surface area contributed by atoms with Crippen LogP contribution in [0.15, 0.2) is 32.9 Å². The zero-order valence-corrected chi connectivity index (χ0v) is 13.4. The number of nitrogens with zero attached hydrogens (tertiary/aromatic N) is 1. The molecule has 0 bridgehead atoms. The Morgan fingerprint density at radius 3 is 2.65 bits per heavy atom. The van der Waals surface area contributed by atoms with E-state index in [9.17, 15) is 12.8 Å². The summed E-state index contributed by atoms with van der Waals surface area (Å²) in [5.74, 6) is -0.598. The van der Waals surface area contributed by atoms with Crippen LogP contribution in [0.3, 0.4) is 0 Å². The van der Waals surface area contributed by atoms with E-state index in [-0.39, 0.29) is 16.1 Å². The first-order chi connectivity index (χ1) is 9.33. The van der Waals surface area contributed by atoms with Crippen LogP contribution in [0.5, 0.6) is 0 Å². The minimum Gasteiger partial charge on any atom is -0.278 e. The highest BCUT2D eigenvalue weighted by Crippen LogP contribution is 2.31. The molecule has 0 fully saturated rings. The van der Waals surface area contributed by atoms with Crippen molar-refractivity contribution in [2.24, 2.45) is 0 Å². The van der Waals surface area contributed by atoms with E-state index in [4.69, 9.17) is 5.26 Å². The molecular weight excluding hydrogens is 367 g/mol. The van der Waals surface area contributed by atoms with Crippen LogP contribution in [0.2, 0.25) is 0 Å². The molecule has 8 heteroatoms. The Balaban J connectivity index is 2.44. The zero-order valence-electron chi connectivity index (χ0n) is 10.1. The second kappa shape index (κ2) is 5.52. The van der Waals surface area contributed by atoms with Gasteiger partial charge in [0.15, 0.2) is 0 Å². The van der Waals surface area contributed by atoms with Crippen LogP contribution in [0.1, 0.15) is 10.4 Å². The van der Waals surface area contributed by atoms with Crippen molar-refractivity contribution in [1.29, 1.82) is 5.26 Å². The van der Waals surface area contributed by atoms with E-state index >= 15 is 0 Å². The summed E-state index contributed by atoms with van der Waals surface area (Å²) < 4.78 is 40.5. The summed E-state index contributed by atoms with van der Waals surface area (Å²) in [7, 11) is -3.81. The number of aryl methyl sites for hydroxylation is 1. The van der Waals surface area contributed by atoms with Gasteiger partial charge in [-0.1, -0.05) is 0 Å². The number of sulfonamides is 1. The van der Waals surface area contributed by atoms with Crippen LogP contribution in [-0.4, -0.2) is 8.42 Å². The van der Waals surface area contributed by atoms with Gasteiger partial charge < -0.3 is 0 Å². The number of nitrogens with one attached hydrogen (secondary N) is 1. The Morgan fingerprint density at radius 1 is 1.40 bits per heavy atom. The molecular formula is C12H8BrFN2O2S2. The number of hydrogen-bond acceptors (Lipinski definition) is 4. The fourth-order valence-electron chi connectivity index (χ4n) is 1.60. The molecule has 0 unspecified atom stereocenters. The average Bonchev–Trinajstić information content (AvgIpc) is 2.71. The monoisotopic (exact) mass is 374 g/mol. The van der Waals surface area contributed by atoms with Gasteiger partial charge in [-0.25, -0.2) is 12.8 Å². The highest BCUT2D eigenvalue weighted by atomic mass is 79.9. The number of halogens is 2. The average molecular weight is 375 g/mol. The summed E-state index contributed by atoms with van der Waals surface area (Å²) in [5.41, 5.74) is -0.0175. The van der Waals surface area contributed by atoms with Gasteiger partial charge in [0.2, 0.25) is 0 Å². The highest BCUT2D eigenvalue weighted by molar-refractivity contribution is 9.11. The third-order valence-corrected chi connectivity index (χ3v) is 5.65. The molecule has 4 nitrogen and oxygen atoms in total. The van der Waals surface area contributed by atoms with Crippen LogP contribution in [0, 0.1) is 24.1 Å². The van der Waals surface area contributed by atoms with Crippen LogP contribution in [0.25, 0.3) is 0 Å². The highest BCUT2D eigenvalue weighted by Gasteiger charge is 2.21. The molecule has 1 heterocycles. The minimum absolute atomic E-state index is 0.0515. The second-order valence-corrected chi connectivity index (χ2v) is 8.16. The molecule has 104 valence electrons. The van der Waals surface area contributed by atoms with E-state index in [2.05, 4.69) is 20.7 Å². The van der Waals surface area contributed by atoms with Gasteiger partial charge in [-0.3, -0.25) is 4.72 Å². The van der Waals surface area contributed by atoms with Gasteiger partial charge in [-0.15, -0.1) is 11.3 Å². The minimum atomic E-state index is -3.81. The van der Waals surface area contributed by atoms with E-state index in [1.54, 1.807) is 13.0 Å². The lowest BCUT2D eigenvalue weighted by Gasteiger charge is -2.09. The SMILES string of the molecule is Cc1sc(Br)cc1S(=O)(=O)Nc1ccc(F)cc1C#N. The Kier molecular flexibility index (Phi) is 4.13. The summed E-state index contributed by atoms with van der Waals surface area (Å²) in [4.78, 5) is 0.743. The summed E-state index contributed by atoms with van der Waals surface area (Å²) in [6, 6.07) is 6.54. The Morgan fingerprint density at radius 2 is 2.10 bits per heavy atom. The zero-order chi connectivity index (χ0) is 14.9. The first-order valence-electron chi connectivity index (χ1n) is 5.32. The summed E-state index contributed by atoms with van der Waals surface area (Å²) in [6.45, 7) is 1.68. The predicted molar refractivity (Wildman–Crippen MR) is 78.7 cm³/mol. The smallest absolute Gasteiger partial charge is 0.263 e. The summed E-state index contributed by atoms with van der Waals surface area (Å²) >= 11 is 4.51. The van der Waals surface area contributed by atoms with Crippen molar-refractivity contribution in [2.75, 3.05) is 4.72 Å². The van der Waals surface area contributed by atoms with Crippen molar-refractivity contribution < 1.29 is 12.8 Å². The standard InChI is InChI=1S/C12H8BrFN2O2S2/c1-7-11(5-12(13)19-7)20(17,18)16-10-3-2-9(14)4-8(10)6-15/h2-5,16H,1H3. The van der Waals surface area contributed by atoms with Crippen molar-refractivity contribution in [1.82, 2.24) is 0 Å². The molecule has 2 aromatic rings. The van der Waals surface area contributed by atoms with Gasteiger partial charge in [0, 0.05) is 4.88 Å². The molecule has 1 aromatic heterocycles. The normalized spacial score (nSPS) is 11.1. The Labute approximate surface area is 128 Å². The van der Waals surface area contributed by atoms with Crippen molar-refractivity contribution in [3.63, 3.8) is 0 Å². The lowest BCUT2D eigenvalue weighted by molar-refractivity contribution is 0.601. The Bertz CT molecular complexity index is 809. The maximum atomic E-state index is 13.0. The Hall–Kier alpha value is -1.43. The largest absolute Gasteiger partial charge is 0.278 e. The van der Waals surface area contributed by atoms with Gasteiger partial charge in [0.25, 0.3) is 10.0 Å². The van der Waals surface area contributed by atoms with E-state index in [1.165, 1.54) is 23.5 Å². The fourth-order valence-corrected chi connectivity index (χ4v) is 5.09. The van der Waals surface area contributed by atoms with Crippen molar-refractivity contribution in [2.45, 2.75) is 11.8 Å². The van der Waals surface area contributed by atoms with E-state index in [0.29, 0.717) is 8.66 Å². The molecule has 0 amide bonds. The molecule has 0 spiro atoms. The number of nitriles is 1. The summed E-state index contributed by atoms with van der Waals surface area (Å²) in [5, 5.41) is 8.91. The maximum Gasteiger partial charge on any atom is 0.263 e. The molecule has 0 aliphatic heterocycles. The molecule has 20 heavy (non-hydrogen) atoms. The van der Waals surface area contributed by atoms with Crippen molar-refractivity contribution in [3.8, 4) is 6.07 Å². The number of rotatable bonds is 3. The lowest BCUT2D eigenvalue weighted by atomic mass is 10.2. The third-order valence-electron chi connectivity index (χ3n) is 2.48. The van der Waals surface area contributed by atoms with Crippen LogP contribution in [-0.2, 0) is 10.0 Å². The fraction of sp³-hybridized carbons (Fsp3) is 0.0833. The number of hydrogen-bond donors (Lipinski definition) is 1. The molecule has 0 atom stereocenters. The maximum absolute atomic E-state index is 13.0. The van der Waals surface area contributed by atoms with Crippen LogP contribution in [0.4, 0.5) is 10.1 Å². The topological polar surface area (TPSA) is 70.0 Å². The first kappa shape index (κ1) is 15.0. The van der Waals surface area contributed by atoms with Crippen molar-refractivity contribution in [3.05, 3.63) is 44.3 Å². The second-order valence-electron chi connectivity index (χ2n) is 3.88. The molecule has 1 N–H and O–H groups in total. The third kappa shape index (κ3) is 3.00. The molecule has 0 saturated carbocycles. The first-order valence-corrected chi connectivity index (χ1v) is 8.41. The van der Waals surface area contributed by atoms with Gasteiger partial charge in [0.1, 0.15) is 16.8 Å². The van der Waals surface area contributed by atoms with E-state index < -0.39 is 15.8 Å². The molecule has 2 rings (SSSR count). The van der Waals surface area contributed by atoms with Gasteiger partial charge in [-0.2, -0.15) is 5.26 Å². The predicted octanol–water partition coefficient (Wildman–Crippen LogP) is 3.63. The van der Waals surface area contributed by atoms with Crippen LogP contribution >= 0.6 is 27.3 Å². The van der Waals surface area contributed by atoms with Gasteiger partial charge in [0.05, 0.1) is 15.0 Å². The van der Waals surface area contributed by atoms with Gasteiger partial charge in [-0.05, 0) is 47.1 Å². The summed E-state index contributed by atoms with van der Waals surface area (Å²) in [6.07, 6.45) is 0. The number of anilines is 1. The van der Waals surface area contributed by atoms with E-state index in [1.807, 2.05) is 0 Å². The lowest BCUT2D eigenvalue weighted by Crippen LogP contribution is -2.14. The van der Waals surface area contributed by atoms with Crippen LogP contribution < -0.4 is 4.72 Å². The van der Waals surface area contributed by atoms with Crippen molar-refractivity contribution >= 4 is 43.0 Å². The molecule has 1 aromatic carbocycles. The number of benzene rings is 1. The van der Waals surface area contributed by atoms with E-state index in [0.717, 1.165) is 12.1 Å². The number of thiophene rings is 1. The molecule has 0 aliphatic carbocycles. The molecule has 0 aliphatic rings. The van der Waals surface area contributed by atoms with Gasteiger partial charge >= 0.3 is 0 Å².